The van der Waals surface area contributed by atoms with Crippen molar-refractivity contribution >= 4 is 151 Å². The SMILES string of the molecule is CC(C(=O)O)C(=O)SCCNC(=O)CCNC(=O)[C@H](O)C(C)(C)COP(=O)(O)OP(=O)(O)OC[C@H]1O[C@@H](n2cnc3c(N)ncnc32)[C@H](O)[C@@H]1OP(=O)(O)O.[Li].[Li].[Li].[Li]. The van der Waals surface area contributed by atoms with Gasteiger partial charge in [-0.05, 0) is 6.92 Å². The van der Waals surface area contributed by atoms with Gasteiger partial charge in [-0.1, -0.05) is 25.6 Å². The first-order valence-electron chi connectivity index (χ1n) is 15.6. The number of hydrogen-bond donors (Lipinski definition) is 10. The van der Waals surface area contributed by atoms with E-state index in [1.165, 1.54) is 20.8 Å². The molecule has 0 aliphatic carbocycles. The number of aliphatic carboxylic acids is 1. The first-order chi connectivity index (χ1) is 25.3. The van der Waals surface area contributed by atoms with E-state index in [-0.39, 0.29) is 118 Å². The van der Waals surface area contributed by atoms with E-state index in [9.17, 15) is 62.7 Å². The number of anilines is 1. The number of phosphoric ester groups is 3. The Morgan fingerprint density at radius 2 is 1.61 bits per heavy atom. The number of amides is 2. The van der Waals surface area contributed by atoms with E-state index >= 15 is 0 Å². The van der Waals surface area contributed by atoms with Crippen LogP contribution in [0.2, 0.25) is 0 Å². The predicted octanol–water partition coefficient (Wildman–Crippen LogP) is -3.14. The molecule has 4 radical (unpaired) electrons. The minimum Gasteiger partial charge on any atom is -0.481 e. The van der Waals surface area contributed by atoms with Crippen LogP contribution in [0.4, 0.5) is 5.82 Å². The van der Waals surface area contributed by atoms with Crippen LogP contribution in [0, 0.1) is 11.3 Å². The van der Waals surface area contributed by atoms with Crippen LogP contribution in [-0.2, 0) is 55.5 Å². The molecule has 8 atom stereocenters. The van der Waals surface area contributed by atoms with Gasteiger partial charge in [0, 0.05) is 106 Å². The molecule has 1 aliphatic rings. The Morgan fingerprint density at radius 3 is 2.20 bits per heavy atom. The number of nitrogens with one attached hydrogen (secondary N) is 2. The minimum absolute atomic E-state index is 0. The number of nitrogens with two attached hydrogens (primary N) is 1. The Balaban J connectivity index is 0. The molecule has 11 N–H and O–H groups in total. The molecule has 0 bridgehead atoms. The number of imidazole rings is 1. The molecule has 2 aromatic rings. The van der Waals surface area contributed by atoms with Crippen molar-refractivity contribution in [1.29, 1.82) is 0 Å². The Bertz CT molecular complexity index is 1880. The number of carbonyl (C=O) groups is 4. The zero-order valence-electron chi connectivity index (χ0n) is 33.0. The number of carboxylic acids is 1. The van der Waals surface area contributed by atoms with Gasteiger partial charge in [0.25, 0.3) is 0 Å². The summed E-state index contributed by atoms with van der Waals surface area (Å²) in [6, 6.07) is 0. The molecule has 0 saturated carbocycles. The third-order valence-electron chi connectivity index (χ3n) is 7.47. The molecule has 0 spiro atoms. The summed E-state index contributed by atoms with van der Waals surface area (Å²) in [6.45, 7) is 1.35. The second-order valence-corrected chi connectivity index (χ2v) is 17.6. The van der Waals surface area contributed by atoms with Crippen LogP contribution in [0.15, 0.2) is 12.7 Å². The third kappa shape index (κ3) is 18.6. The molecule has 0 aromatic carbocycles. The molecule has 1 fully saturated rings. The Morgan fingerprint density at radius 1 is 1.00 bits per heavy atom. The van der Waals surface area contributed by atoms with Crippen LogP contribution >= 0.6 is 35.2 Å². The van der Waals surface area contributed by atoms with Gasteiger partial charge in [0.15, 0.2) is 17.7 Å². The number of aromatic nitrogens is 4. The van der Waals surface area contributed by atoms with Crippen LogP contribution in [0.1, 0.15) is 33.4 Å². The van der Waals surface area contributed by atoms with E-state index < -0.39 is 102 Å². The average Bonchev–Trinajstić information content (AvgIpc) is 3.64. The number of rotatable bonds is 21. The second kappa shape index (κ2) is 25.6. The normalized spacial score (nSPS) is 20.8. The fraction of sp³-hybridized carbons (Fsp3) is 0.640. The van der Waals surface area contributed by atoms with Gasteiger partial charge in [-0.25, -0.2) is 28.6 Å². The van der Waals surface area contributed by atoms with Crippen molar-refractivity contribution in [1.82, 2.24) is 30.2 Å². The van der Waals surface area contributed by atoms with Gasteiger partial charge in [0.1, 0.15) is 42.2 Å². The zero-order chi connectivity index (χ0) is 41.5. The first kappa shape index (κ1) is 60.5. The van der Waals surface area contributed by atoms with E-state index in [4.69, 9.17) is 24.6 Å². The minimum atomic E-state index is -5.59. The van der Waals surface area contributed by atoms with E-state index in [1.54, 1.807) is 0 Å². The van der Waals surface area contributed by atoms with E-state index in [1.807, 2.05) is 0 Å². The summed E-state index contributed by atoms with van der Waals surface area (Å²) < 4.78 is 61.9. The molecule has 59 heavy (non-hydrogen) atoms. The van der Waals surface area contributed by atoms with Gasteiger partial charge >= 0.3 is 29.4 Å². The summed E-state index contributed by atoms with van der Waals surface area (Å²) in [4.78, 5) is 97.8. The number of aliphatic hydroxyl groups excluding tert-OH is 2. The second-order valence-electron chi connectivity index (χ2n) is 12.3. The number of ether oxygens (including phenoxy) is 1. The van der Waals surface area contributed by atoms with Gasteiger partial charge in [0.05, 0.1) is 19.5 Å². The largest absolute Gasteiger partial charge is 0.481 e. The van der Waals surface area contributed by atoms with Crippen molar-refractivity contribution in [3.63, 3.8) is 0 Å². The number of aliphatic hydroxyl groups is 2. The van der Waals surface area contributed by atoms with Gasteiger partial charge in [0.2, 0.25) is 16.9 Å². The molecule has 2 aromatic heterocycles. The molecule has 3 rings (SSSR count). The summed E-state index contributed by atoms with van der Waals surface area (Å²) in [6.07, 6.45) is -7.13. The number of nitrogens with zero attached hydrogens (tertiary/aromatic N) is 4. The van der Waals surface area contributed by atoms with Crippen LogP contribution in [0.25, 0.3) is 11.2 Å². The van der Waals surface area contributed by atoms with Crippen molar-refractivity contribution in [3.05, 3.63) is 12.7 Å². The van der Waals surface area contributed by atoms with Crippen molar-refractivity contribution < 1.29 is 90.4 Å². The summed E-state index contributed by atoms with van der Waals surface area (Å²) in [7, 11) is -16.4. The van der Waals surface area contributed by atoms with Crippen molar-refractivity contribution in [2.24, 2.45) is 11.3 Å². The number of carboxylic acid groups (broad SMARTS) is 1. The van der Waals surface area contributed by atoms with Gasteiger partial charge < -0.3 is 56.0 Å². The quantitative estimate of drug-likeness (QED) is 0.0256. The summed E-state index contributed by atoms with van der Waals surface area (Å²) in [5, 5.41) is 34.3. The van der Waals surface area contributed by atoms with E-state index in [0.29, 0.717) is 0 Å². The zero-order valence-corrected chi connectivity index (χ0v) is 36.5. The number of hydrogen-bond acceptors (Lipinski definition) is 19. The van der Waals surface area contributed by atoms with Crippen LogP contribution < -0.4 is 16.4 Å². The standard InChI is InChI=1S/C25H40N7O19P3S.4Li/c1-12(23(37)38)24(39)55-7-6-27-14(33)4-5-28-21(36)18(35)25(2,3)9-48-54(45,46)51-53(43,44)47-8-13-17(50-52(40,41)42)16(34)22(49-13)32-11-31-15-19(26)29-10-30-20(15)32;;;;/h10-13,16-18,22,34-35H,4-9H2,1-3H3,(H,27,33)(H,28,36)(H,37,38)(H,43,44)(H,45,46)(H2,26,29,30)(H2,40,41,42);;;;/t12?,13-,16-,17-,18+,22-;;;;/m1..../s1. The molecule has 2 amide bonds. The molecule has 3 heterocycles. The van der Waals surface area contributed by atoms with Crippen molar-refractivity contribution in [3.8, 4) is 0 Å². The number of carbonyl (C=O) groups excluding carboxylic acids is 3. The molecular weight excluding hydrogens is 855 g/mol. The fourth-order valence-corrected chi connectivity index (χ4v) is 8.09. The maximum Gasteiger partial charge on any atom is 0.481 e. The maximum atomic E-state index is 12.6. The van der Waals surface area contributed by atoms with Crippen LogP contribution in [0.5, 0.6) is 0 Å². The number of nitrogen functional groups attached to an aromatic ring is 1. The van der Waals surface area contributed by atoms with Gasteiger partial charge in [-0.15, -0.1) is 0 Å². The number of fused-ring (bicyclic) bond motifs is 1. The number of thioether (sulfide) groups is 1. The molecule has 1 aliphatic heterocycles. The fourth-order valence-electron chi connectivity index (χ4n) is 4.51. The molecule has 1 saturated heterocycles. The van der Waals surface area contributed by atoms with E-state index in [0.717, 1.165) is 29.0 Å². The van der Waals surface area contributed by atoms with Crippen LogP contribution in [-0.4, -0.2) is 209 Å². The molecular formula is C25H40Li4N7O19P3S. The first-order valence-corrected chi connectivity index (χ1v) is 21.1. The molecule has 26 nitrogen and oxygen atoms in total. The number of phosphoric acid groups is 3. The van der Waals surface area contributed by atoms with Gasteiger partial charge in [-0.2, -0.15) is 4.31 Å². The summed E-state index contributed by atoms with van der Waals surface area (Å²) in [5.74, 6) is -4.01. The smallest absolute Gasteiger partial charge is 0.481 e. The Labute approximate surface area is 388 Å². The summed E-state index contributed by atoms with van der Waals surface area (Å²) in [5.41, 5.74) is 4.19. The monoisotopic (exact) mass is 895 g/mol. The molecule has 314 valence electrons. The van der Waals surface area contributed by atoms with E-state index in [2.05, 4.69) is 34.4 Å². The third-order valence-corrected chi connectivity index (χ3v) is 11.6. The molecule has 34 heteroatoms. The topological polar surface area (TPSA) is 401 Å². The van der Waals surface area contributed by atoms with Gasteiger partial charge in [-0.3, -0.25) is 37.3 Å². The Hall–Kier alpha value is -0.580. The van der Waals surface area contributed by atoms with Crippen LogP contribution in [0.3, 0.4) is 0 Å². The average molecular weight is 895 g/mol. The van der Waals surface area contributed by atoms with Crippen molar-refractivity contribution in [2.75, 3.05) is 37.8 Å². The maximum absolute atomic E-state index is 12.6. The molecule has 3 unspecified atom stereocenters. The van der Waals surface area contributed by atoms with Crippen molar-refractivity contribution in [2.45, 2.75) is 57.8 Å². The predicted molar refractivity (Wildman–Crippen MR) is 207 cm³/mol. The Kier molecular flexibility index (Phi) is 26.3. The summed E-state index contributed by atoms with van der Waals surface area (Å²) >= 11 is 0.726.